The van der Waals surface area contributed by atoms with Crippen LogP contribution in [0, 0.1) is 0 Å². The molecule has 1 unspecified atom stereocenters. The second-order valence-corrected chi connectivity index (χ2v) is 6.35. The van der Waals surface area contributed by atoms with Gasteiger partial charge in [-0.1, -0.05) is 30.7 Å². The Morgan fingerprint density at radius 1 is 1.32 bits per heavy atom. The van der Waals surface area contributed by atoms with Crippen LogP contribution in [-0.2, 0) is 13.0 Å². The van der Waals surface area contributed by atoms with Gasteiger partial charge >= 0.3 is 0 Å². The van der Waals surface area contributed by atoms with Crippen molar-refractivity contribution in [3.05, 3.63) is 50.9 Å². The van der Waals surface area contributed by atoms with E-state index in [0.717, 1.165) is 29.4 Å². The predicted molar refractivity (Wildman–Crippen MR) is 83.0 cm³/mol. The lowest BCUT2D eigenvalue weighted by atomic mass is 10.2. The van der Waals surface area contributed by atoms with Crippen LogP contribution < -0.4 is 5.32 Å². The zero-order valence-corrected chi connectivity index (χ0v) is 12.9. The van der Waals surface area contributed by atoms with E-state index in [0.29, 0.717) is 6.04 Å². The molecule has 0 fully saturated rings. The fraction of sp³-hybridized carbons (Fsp3) is 0.400. The summed E-state index contributed by atoms with van der Waals surface area (Å²) in [7, 11) is 0. The highest BCUT2D eigenvalue weighted by Gasteiger charge is 2.05. The third kappa shape index (κ3) is 4.60. The summed E-state index contributed by atoms with van der Waals surface area (Å²) in [6, 6.07) is 8.52. The minimum atomic E-state index is 0.557. The number of aromatic nitrogens is 1. The van der Waals surface area contributed by atoms with E-state index in [2.05, 4.69) is 36.3 Å². The van der Waals surface area contributed by atoms with Crippen molar-refractivity contribution in [2.24, 2.45) is 0 Å². The van der Waals surface area contributed by atoms with E-state index >= 15 is 0 Å². The Bertz CT molecular complexity index is 507. The summed E-state index contributed by atoms with van der Waals surface area (Å²) in [6.07, 6.45) is 4.01. The normalized spacial score (nSPS) is 12.6. The lowest BCUT2D eigenvalue weighted by Gasteiger charge is -2.08. The molecule has 1 N–H and O–H groups in total. The van der Waals surface area contributed by atoms with Gasteiger partial charge in [0.05, 0.1) is 5.01 Å². The van der Waals surface area contributed by atoms with Gasteiger partial charge in [0.1, 0.15) is 0 Å². The maximum absolute atomic E-state index is 5.88. The maximum atomic E-state index is 5.88. The summed E-state index contributed by atoms with van der Waals surface area (Å²) >= 11 is 7.66. The molecule has 0 radical (unpaired) electrons. The van der Waals surface area contributed by atoms with Crippen molar-refractivity contribution in [3.8, 4) is 0 Å². The summed E-state index contributed by atoms with van der Waals surface area (Å²) < 4.78 is 0. The Kier molecular flexibility index (Phi) is 5.37. The van der Waals surface area contributed by atoms with Gasteiger partial charge in [0.25, 0.3) is 0 Å². The third-order valence-electron chi connectivity index (χ3n) is 3.11. The Hall–Kier alpha value is -0.900. The zero-order valence-electron chi connectivity index (χ0n) is 11.3. The van der Waals surface area contributed by atoms with Gasteiger partial charge in [-0.05, 0) is 31.0 Å². The number of hydrogen-bond donors (Lipinski definition) is 1. The van der Waals surface area contributed by atoms with E-state index in [-0.39, 0.29) is 0 Å². The van der Waals surface area contributed by atoms with Crippen LogP contribution in [-0.4, -0.2) is 11.0 Å². The van der Waals surface area contributed by atoms with Crippen LogP contribution in [0.15, 0.2) is 30.5 Å². The van der Waals surface area contributed by atoms with Crippen molar-refractivity contribution in [3.63, 3.8) is 0 Å². The van der Waals surface area contributed by atoms with Crippen molar-refractivity contribution < 1.29 is 0 Å². The SMILES string of the molecule is CCC(C)NCc1cnc(Cc2ccc(Cl)cc2)s1. The average Bonchev–Trinajstić information content (AvgIpc) is 2.86. The largest absolute Gasteiger partial charge is 0.309 e. The number of halogens is 1. The first-order valence-electron chi connectivity index (χ1n) is 6.58. The molecule has 1 heterocycles. The molecule has 2 rings (SSSR count). The monoisotopic (exact) mass is 294 g/mol. The number of thiazole rings is 1. The van der Waals surface area contributed by atoms with E-state index in [9.17, 15) is 0 Å². The quantitative estimate of drug-likeness (QED) is 0.860. The summed E-state index contributed by atoms with van der Waals surface area (Å²) in [5, 5.41) is 5.42. The summed E-state index contributed by atoms with van der Waals surface area (Å²) in [5.41, 5.74) is 1.25. The Balaban J connectivity index is 1.91. The molecule has 0 aliphatic rings. The Labute approximate surface area is 123 Å². The number of benzene rings is 1. The Morgan fingerprint density at radius 3 is 2.74 bits per heavy atom. The second kappa shape index (κ2) is 7.04. The molecule has 0 bridgehead atoms. The van der Waals surface area contributed by atoms with E-state index in [4.69, 9.17) is 11.6 Å². The molecule has 0 amide bonds. The first-order valence-corrected chi connectivity index (χ1v) is 7.78. The summed E-state index contributed by atoms with van der Waals surface area (Å²) in [6.45, 7) is 5.30. The van der Waals surface area contributed by atoms with Crippen molar-refractivity contribution in [2.75, 3.05) is 0 Å². The minimum absolute atomic E-state index is 0.557. The molecule has 1 atom stereocenters. The average molecular weight is 295 g/mol. The first-order chi connectivity index (χ1) is 9.17. The molecule has 0 spiro atoms. The molecule has 1 aromatic heterocycles. The zero-order chi connectivity index (χ0) is 13.7. The molecule has 102 valence electrons. The number of rotatable bonds is 6. The van der Waals surface area contributed by atoms with Crippen LogP contribution in [0.2, 0.25) is 5.02 Å². The van der Waals surface area contributed by atoms with Crippen LogP contribution in [0.25, 0.3) is 0 Å². The predicted octanol–water partition coefficient (Wildman–Crippen LogP) is 4.28. The van der Waals surface area contributed by atoms with Gasteiger partial charge in [0, 0.05) is 35.1 Å². The lowest BCUT2D eigenvalue weighted by Crippen LogP contribution is -2.23. The fourth-order valence-corrected chi connectivity index (χ4v) is 2.74. The van der Waals surface area contributed by atoms with Gasteiger partial charge in [0.2, 0.25) is 0 Å². The van der Waals surface area contributed by atoms with E-state index in [1.54, 1.807) is 11.3 Å². The fourth-order valence-electron chi connectivity index (χ4n) is 1.71. The van der Waals surface area contributed by atoms with E-state index < -0.39 is 0 Å². The second-order valence-electron chi connectivity index (χ2n) is 4.71. The van der Waals surface area contributed by atoms with E-state index in [1.165, 1.54) is 10.4 Å². The molecule has 0 saturated carbocycles. The van der Waals surface area contributed by atoms with Gasteiger partial charge in [-0.25, -0.2) is 4.98 Å². The van der Waals surface area contributed by atoms with Gasteiger partial charge in [-0.3, -0.25) is 0 Å². The molecule has 19 heavy (non-hydrogen) atoms. The van der Waals surface area contributed by atoms with Gasteiger partial charge in [0.15, 0.2) is 0 Å². The van der Waals surface area contributed by atoms with Crippen LogP contribution in [0.5, 0.6) is 0 Å². The molecule has 2 nitrogen and oxygen atoms in total. The molecular weight excluding hydrogens is 276 g/mol. The standard InChI is InChI=1S/C15H19ClN2S/c1-3-11(2)17-9-14-10-18-15(19-14)8-12-4-6-13(16)7-5-12/h4-7,10-11,17H,3,8-9H2,1-2H3. The van der Waals surface area contributed by atoms with Crippen molar-refractivity contribution in [1.82, 2.24) is 10.3 Å². The highest BCUT2D eigenvalue weighted by molar-refractivity contribution is 7.11. The van der Waals surface area contributed by atoms with Gasteiger partial charge in [-0.2, -0.15) is 0 Å². The van der Waals surface area contributed by atoms with Crippen LogP contribution in [0.1, 0.15) is 35.7 Å². The smallest absolute Gasteiger partial charge is 0.0971 e. The number of hydrogen-bond acceptors (Lipinski definition) is 3. The van der Waals surface area contributed by atoms with Crippen LogP contribution in [0.4, 0.5) is 0 Å². The summed E-state index contributed by atoms with van der Waals surface area (Å²) in [5.74, 6) is 0. The molecule has 4 heteroatoms. The van der Waals surface area contributed by atoms with Crippen molar-refractivity contribution in [2.45, 2.75) is 39.3 Å². The van der Waals surface area contributed by atoms with Crippen molar-refractivity contribution in [1.29, 1.82) is 0 Å². The molecule has 1 aromatic carbocycles. The molecule has 0 aliphatic carbocycles. The van der Waals surface area contributed by atoms with Crippen molar-refractivity contribution >= 4 is 22.9 Å². The maximum Gasteiger partial charge on any atom is 0.0971 e. The molecule has 0 saturated heterocycles. The lowest BCUT2D eigenvalue weighted by molar-refractivity contribution is 0.537. The number of nitrogens with zero attached hydrogens (tertiary/aromatic N) is 1. The van der Waals surface area contributed by atoms with Crippen LogP contribution >= 0.6 is 22.9 Å². The molecule has 0 aliphatic heterocycles. The topological polar surface area (TPSA) is 24.9 Å². The summed E-state index contributed by atoms with van der Waals surface area (Å²) in [4.78, 5) is 5.78. The molecule has 2 aromatic rings. The highest BCUT2D eigenvalue weighted by Crippen LogP contribution is 2.18. The number of nitrogens with one attached hydrogen (secondary N) is 1. The van der Waals surface area contributed by atoms with Gasteiger partial charge < -0.3 is 5.32 Å². The first kappa shape index (κ1) is 14.5. The van der Waals surface area contributed by atoms with Gasteiger partial charge in [-0.15, -0.1) is 11.3 Å². The minimum Gasteiger partial charge on any atom is -0.309 e. The van der Waals surface area contributed by atoms with E-state index in [1.807, 2.05) is 18.3 Å². The Morgan fingerprint density at radius 2 is 2.05 bits per heavy atom. The van der Waals surface area contributed by atoms with Crippen LogP contribution in [0.3, 0.4) is 0 Å². The third-order valence-corrected chi connectivity index (χ3v) is 4.36. The molecular formula is C15H19ClN2S. The highest BCUT2D eigenvalue weighted by atomic mass is 35.5.